The van der Waals surface area contributed by atoms with Crippen LogP contribution in [-0.2, 0) is 22.2 Å². The third kappa shape index (κ3) is 4.70. The highest BCUT2D eigenvalue weighted by atomic mass is 19.4. The molecule has 1 heterocycles. The monoisotopic (exact) mass is 349 g/mol. The van der Waals surface area contributed by atoms with E-state index in [1.54, 1.807) is 0 Å². The summed E-state index contributed by atoms with van der Waals surface area (Å²) in [5, 5.41) is 12.5. The van der Waals surface area contributed by atoms with Gasteiger partial charge in [-0.15, -0.1) is 0 Å². The molecule has 0 spiro atoms. The third-order valence-electron chi connectivity index (χ3n) is 3.91. The van der Waals surface area contributed by atoms with Crippen molar-refractivity contribution in [2.75, 3.05) is 19.8 Å². The van der Waals surface area contributed by atoms with E-state index in [-0.39, 0.29) is 6.54 Å². The van der Waals surface area contributed by atoms with Crippen LogP contribution in [0.3, 0.4) is 0 Å². The molecule has 1 fully saturated rings. The predicted molar refractivity (Wildman–Crippen MR) is 78.9 cm³/mol. The molecule has 0 aromatic carbocycles. The molecule has 1 saturated carbocycles. The predicted octanol–water partition coefficient (Wildman–Crippen LogP) is 1.49. The number of aryl methyl sites for hydroxylation is 1. The minimum atomic E-state index is -5.02. The molecule has 6 nitrogen and oxygen atoms in total. The summed E-state index contributed by atoms with van der Waals surface area (Å²) in [5.74, 6) is -0.864. The van der Waals surface area contributed by atoms with Crippen LogP contribution in [-0.4, -0.2) is 46.5 Å². The molecule has 0 saturated heterocycles. The first-order valence-corrected chi connectivity index (χ1v) is 7.85. The topological polar surface area (TPSA) is 76.4 Å². The Bertz CT molecular complexity index is 558. The zero-order chi connectivity index (χ0) is 17.8. The van der Waals surface area contributed by atoms with E-state index < -0.39 is 29.9 Å². The molecule has 1 atom stereocenters. The number of hydrogen-bond donors (Lipinski definition) is 2. The molecular formula is C15H22F3N3O3. The number of carbonyl (C=O) groups excluding carboxylic acids is 1. The smallest absolute Gasteiger partial charge is 0.381 e. The Hall–Kier alpha value is -1.61. The van der Waals surface area contributed by atoms with Crippen LogP contribution >= 0.6 is 0 Å². The molecule has 1 aliphatic rings. The zero-order valence-electron chi connectivity index (χ0n) is 13.5. The van der Waals surface area contributed by atoms with E-state index in [9.17, 15) is 23.1 Å². The van der Waals surface area contributed by atoms with Crippen LogP contribution in [0.1, 0.15) is 31.5 Å². The van der Waals surface area contributed by atoms with Crippen molar-refractivity contribution in [1.29, 1.82) is 0 Å². The van der Waals surface area contributed by atoms with Crippen LogP contribution < -0.4 is 5.32 Å². The maximum atomic E-state index is 13.3. The summed E-state index contributed by atoms with van der Waals surface area (Å²) < 4.78 is 46.2. The Morgan fingerprint density at radius 1 is 1.50 bits per heavy atom. The van der Waals surface area contributed by atoms with Crippen LogP contribution in [0.2, 0.25) is 0 Å². The number of rotatable bonds is 9. The molecule has 2 rings (SSSR count). The summed E-state index contributed by atoms with van der Waals surface area (Å²) in [6, 6.07) is 0. The second-order valence-electron chi connectivity index (χ2n) is 6.12. The number of nitrogens with zero attached hydrogens (tertiary/aromatic N) is 2. The molecule has 1 aromatic rings. The number of halogens is 3. The first kappa shape index (κ1) is 18.7. The van der Waals surface area contributed by atoms with Crippen molar-refractivity contribution < 1.29 is 27.8 Å². The van der Waals surface area contributed by atoms with Crippen LogP contribution in [0.25, 0.3) is 0 Å². The summed E-state index contributed by atoms with van der Waals surface area (Å²) in [6.45, 7) is 1.33. The van der Waals surface area contributed by atoms with Crippen molar-refractivity contribution in [3.63, 3.8) is 0 Å². The SMILES string of the molecule is Cn1ccnc1C(O)(CC(=O)NCCCOCC1CC1)C(F)(F)F. The van der Waals surface area contributed by atoms with Crippen LogP contribution in [0.4, 0.5) is 13.2 Å². The first-order valence-electron chi connectivity index (χ1n) is 7.85. The van der Waals surface area contributed by atoms with E-state index in [4.69, 9.17) is 4.74 Å². The summed E-state index contributed by atoms with van der Waals surface area (Å²) in [4.78, 5) is 15.4. The highest BCUT2D eigenvalue weighted by Crippen LogP contribution is 2.40. The van der Waals surface area contributed by atoms with E-state index in [2.05, 4.69) is 10.3 Å². The molecule has 0 bridgehead atoms. The standard InChI is InChI=1S/C15H22F3N3O3/c1-21-7-6-20-13(21)14(23,15(16,17)18)9-12(22)19-5-2-8-24-10-11-3-4-11/h6-7,11,23H,2-5,8-10H2,1H3,(H,19,22). The van der Waals surface area contributed by atoms with Crippen molar-refractivity contribution in [3.8, 4) is 0 Å². The zero-order valence-corrected chi connectivity index (χ0v) is 13.5. The quantitative estimate of drug-likeness (QED) is 0.663. The lowest BCUT2D eigenvalue weighted by molar-refractivity contribution is -0.271. The minimum Gasteiger partial charge on any atom is -0.381 e. The number of aliphatic hydroxyl groups is 1. The van der Waals surface area contributed by atoms with Crippen molar-refractivity contribution in [3.05, 3.63) is 18.2 Å². The lowest BCUT2D eigenvalue weighted by Gasteiger charge is -2.29. The van der Waals surface area contributed by atoms with Crippen molar-refractivity contribution in [1.82, 2.24) is 14.9 Å². The van der Waals surface area contributed by atoms with Gasteiger partial charge in [0.2, 0.25) is 11.5 Å². The Labute approximate surface area is 138 Å². The Kier molecular flexibility index (Phi) is 5.87. The van der Waals surface area contributed by atoms with E-state index in [1.807, 2.05) is 0 Å². The molecule has 0 radical (unpaired) electrons. The van der Waals surface area contributed by atoms with Gasteiger partial charge in [0, 0.05) is 39.2 Å². The molecule has 2 N–H and O–H groups in total. The summed E-state index contributed by atoms with van der Waals surface area (Å²) in [6.07, 6.45) is -0.866. The van der Waals surface area contributed by atoms with E-state index in [0.717, 1.165) is 10.8 Å². The maximum Gasteiger partial charge on any atom is 0.425 e. The van der Waals surface area contributed by atoms with Crippen LogP contribution in [0.5, 0.6) is 0 Å². The van der Waals surface area contributed by atoms with Gasteiger partial charge < -0.3 is 19.7 Å². The summed E-state index contributed by atoms with van der Waals surface area (Å²) in [7, 11) is 1.33. The third-order valence-corrected chi connectivity index (χ3v) is 3.91. The molecule has 1 aromatic heterocycles. The molecule has 1 aliphatic carbocycles. The van der Waals surface area contributed by atoms with Gasteiger partial charge in [0.1, 0.15) is 0 Å². The average Bonchev–Trinajstić information content (AvgIpc) is 3.20. The fraction of sp³-hybridized carbons (Fsp3) is 0.733. The van der Waals surface area contributed by atoms with Crippen molar-refractivity contribution >= 4 is 5.91 Å². The second kappa shape index (κ2) is 7.52. The number of ether oxygens (including phenoxy) is 1. The van der Waals surface area contributed by atoms with Crippen LogP contribution in [0.15, 0.2) is 12.4 Å². The molecule has 136 valence electrons. The number of alkyl halides is 3. The van der Waals surface area contributed by atoms with E-state index >= 15 is 0 Å². The average molecular weight is 349 g/mol. The molecule has 1 unspecified atom stereocenters. The van der Waals surface area contributed by atoms with Gasteiger partial charge in [0.05, 0.1) is 6.42 Å². The minimum absolute atomic E-state index is 0.192. The number of carbonyl (C=O) groups is 1. The van der Waals surface area contributed by atoms with Gasteiger partial charge >= 0.3 is 6.18 Å². The first-order chi connectivity index (χ1) is 11.2. The number of aromatic nitrogens is 2. The summed E-state index contributed by atoms with van der Waals surface area (Å²) in [5.41, 5.74) is -3.32. The van der Waals surface area contributed by atoms with Gasteiger partial charge in [-0.25, -0.2) is 4.98 Å². The van der Waals surface area contributed by atoms with Gasteiger partial charge in [-0.1, -0.05) is 0 Å². The Morgan fingerprint density at radius 3 is 2.75 bits per heavy atom. The highest BCUT2D eigenvalue weighted by molar-refractivity contribution is 5.77. The van der Waals surface area contributed by atoms with Gasteiger partial charge in [-0.2, -0.15) is 13.2 Å². The Balaban J connectivity index is 1.82. The van der Waals surface area contributed by atoms with Crippen molar-refractivity contribution in [2.45, 2.75) is 37.5 Å². The molecular weight excluding hydrogens is 327 g/mol. The number of amides is 1. The van der Waals surface area contributed by atoms with E-state index in [0.29, 0.717) is 25.6 Å². The van der Waals surface area contributed by atoms with Crippen LogP contribution in [0, 0.1) is 5.92 Å². The van der Waals surface area contributed by atoms with Gasteiger partial charge in [0.15, 0.2) is 5.82 Å². The number of imidazole rings is 1. The fourth-order valence-corrected chi connectivity index (χ4v) is 2.30. The van der Waals surface area contributed by atoms with E-state index in [1.165, 1.54) is 26.1 Å². The fourth-order valence-electron chi connectivity index (χ4n) is 2.30. The highest BCUT2D eigenvalue weighted by Gasteiger charge is 2.58. The van der Waals surface area contributed by atoms with Gasteiger partial charge in [-0.05, 0) is 25.2 Å². The number of nitrogens with one attached hydrogen (secondary N) is 1. The Morgan fingerprint density at radius 2 is 2.21 bits per heavy atom. The molecule has 9 heteroatoms. The molecule has 1 amide bonds. The normalized spacial score (nSPS) is 17.5. The molecule has 0 aliphatic heterocycles. The largest absolute Gasteiger partial charge is 0.425 e. The number of hydrogen-bond acceptors (Lipinski definition) is 4. The lowest BCUT2D eigenvalue weighted by Crippen LogP contribution is -2.48. The lowest BCUT2D eigenvalue weighted by atomic mass is 9.97. The van der Waals surface area contributed by atoms with Gasteiger partial charge in [0.25, 0.3) is 0 Å². The summed E-state index contributed by atoms with van der Waals surface area (Å²) >= 11 is 0. The second-order valence-corrected chi connectivity index (χ2v) is 6.12. The molecule has 24 heavy (non-hydrogen) atoms. The van der Waals surface area contributed by atoms with Crippen molar-refractivity contribution in [2.24, 2.45) is 13.0 Å². The maximum absolute atomic E-state index is 13.3. The van der Waals surface area contributed by atoms with Gasteiger partial charge in [-0.3, -0.25) is 4.79 Å².